The number of hydrogen-bond acceptors (Lipinski definition) is 3. The molecule has 0 radical (unpaired) electrons. The summed E-state index contributed by atoms with van der Waals surface area (Å²) in [5.74, 6) is -0.246. The summed E-state index contributed by atoms with van der Waals surface area (Å²) < 4.78 is 0. The third kappa shape index (κ3) is 3.47. The van der Waals surface area contributed by atoms with Gasteiger partial charge in [-0.1, -0.05) is 13.8 Å². The highest BCUT2D eigenvalue weighted by Gasteiger charge is 2.27. The molecule has 0 amide bonds. The molecule has 0 aromatic carbocycles. The largest absolute Gasteiger partial charge is 0.480 e. The SMILES string of the molecule is CC(C)C1CCCN1CCC(N)C(=O)O. The van der Waals surface area contributed by atoms with E-state index < -0.39 is 12.0 Å². The number of rotatable bonds is 5. The van der Waals surface area contributed by atoms with Crippen LogP contribution in [0.3, 0.4) is 0 Å². The first-order valence-electron chi connectivity index (χ1n) is 5.74. The smallest absolute Gasteiger partial charge is 0.320 e. The zero-order valence-corrected chi connectivity index (χ0v) is 9.65. The van der Waals surface area contributed by atoms with Crippen molar-refractivity contribution in [2.24, 2.45) is 11.7 Å². The van der Waals surface area contributed by atoms with Crippen LogP contribution in [0, 0.1) is 5.92 Å². The van der Waals surface area contributed by atoms with Crippen LogP contribution in [-0.2, 0) is 4.79 Å². The minimum absolute atomic E-state index is 0.554. The molecule has 4 nitrogen and oxygen atoms in total. The summed E-state index contributed by atoms with van der Waals surface area (Å²) >= 11 is 0. The van der Waals surface area contributed by atoms with Gasteiger partial charge >= 0.3 is 5.97 Å². The third-order valence-corrected chi connectivity index (χ3v) is 3.23. The van der Waals surface area contributed by atoms with Crippen LogP contribution in [0.2, 0.25) is 0 Å². The Labute approximate surface area is 91.4 Å². The Balaban J connectivity index is 2.34. The lowest BCUT2D eigenvalue weighted by atomic mass is 10.0. The maximum Gasteiger partial charge on any atom is 0.320 e. The molecule has 0 aliphatic carbocycles. The van der Waals surface area contributed by atoms with Crippen LogP contribution < -0.4 is 5.73 Å². The lowest BCUT2D eigenvalue weighted by molar-refractivity contribution is -0.138. The van der Waals surface area contributed by atoms with Gasteiger partial charge in [0.25, 0.3) is 0 Å². The van der Waals surface area contributed by atoms with Gasteiger partial charge in [-0.2, -0.15) is 0 Å². The topological polar surface area (TPSA) is 66.6 Å². The molecule has 4 heteroatoms. The number of hydrogen-bond donors (Lipinski definition) is 2. The molecule has 1 fully saturated rings. The molecular formula is C11H22N2O2. The number of likely N-dealkylation sites (tertiary alicyclic amines) is 1. The molecule has 0 aromatic rings. The fourth-order valence-corrected chi connectivity index (χ4v) is 2.31. The fraction of sp³-hybridized carbons (Fsp3) is 0.909. The number of nitrogens with zero attached hydrogens (tertiary/aromatic N) is 1. The van der Waals surface area contributed by atoms with E-state index in [0.29, 0.717) is 18.4 Å². The summed E-state index contributed by atoms with van der Waals surface area (Å²) in [5, 5.41) is 8.69. The van der Waals surface area contributed by atoms with E-state index in [9.17, 15) is 4.79 Å². The van der Waals surface area contributed by atoms with Gasteiger partial charge in [-0.3, -0.25) is 4.79 Å². The maximum atomic E-state index is 10.6. The standard InChI is InChI=1S/C11H22N2O2/c1-8(2)10-4-3-6-13(10)7-5-9(12)11(14)15/h8-10H,3-7,12H2,1-2H3,(H,14,15). The van der Waals surface area contributed by atoms with Crippen LogP contribution in [0.15, 0.2) is 0 Å². The van der Waals surface area contributed by atoms with Crippen molar-refractivity contribution >= 4 is 5.97 Å². The summed E-state index contributed by atoms with van der Waals surface area (Å²) in [6.45, 7) is 6.35. The van der Waals surface area contributed by atoms with Crippen molar-refractivity contribution in [1.29, 1.82) is 0 Å². The molecule has 1 aliphatic rings. The lowest BCUT2D eigenvalue weighted by Gasteiger charge is -2.27. The molecule has 2 unspecified atom stereocenters. The van der Waals surface area contributed by atoms with E-state index in [-0.39, 0.29) is 0 Å². The molecule has 1 saturated heterocycles. The van der Waals surface area contributed by atoms with Crippen molar-refractivity contribution < 1.29 is 9.90 Å². The lowest BCUT2D eigenvalue weighted by Crippen LogP contribution is -2.39. The Morgan fingerprint density at radius 2 is 2.27 bits per heavy atom. The Morgan fingerprint density at radius 3 is 2.80 bits per heavy atom. The minimum Gasteiger partial charge on any atom is -0.480 e. The molecule has 1 aliphatic heterocycles. The predicted molar refractivity (Wildman–Crippen MR) is 59.7 cm³/mol. The first-order valence-corrected chi connectivity index (χ1v) is 5.74. The Bertz CT molecular complexity index is 219. The zero-order chi connectivity index (χ0) is 11.4. The number of carbonyl (C=O) groups is 1. The van der Waals surface area contributed by atoms with Crippen LogP contribution in [0.5, 0.6) is 0 Å². The zero-order valence-electron chi connectivity index (χ0n) is 9.65. The molecule has 1 rings (SSSR count). The molecule has 0 saturated carbocycles. The van der Waals surface area contributed by atoms with E-state index in [1.165, 1.54) is 12.8 Å². The monoisotopic (exact) mass is 214 g/mol. The van der Waals surface area contributed by atoms with Crippen LogP contribution in [0.4, 0.5) is 0 Å². The van der Waals surface area contributed by atoms with E-state index in [1.54, 1.807) is 0 Å². The van der Waals surface area contributed by atoms with Gasteiger partial charge in [0.15, 0.2) is 0 Å². The molecule has 2 atom stereocenters. The van der Waals surface area contributed by atoms with Gasteiger partial charge in [-0.25, -0.2) is 0 Å². The van der Waals surface area contributed by atoms with Gasteiger partial charge in [0, 0.05) is 12.6 Å². The third-order valence-electron chi connectivity index (χ3n) is 3.23. The summed E-state index contributed by atoms with van der Waals surface area (Å²) in [4.78, 5) is 13.0. The average molecular weight is 214 g/mol. The fourth-order valence-electron chi connectivity index (χ4n) is 2.31. The quantitative estimate of drug-likeness (QED) is 0.714. The number of carboxylic acids is 1. The second kappa shape index (κ2) is 5.47. The highest BCUT2D eigenvalue weighted by Crippen LogP contribution is 2.23. The van der Waals surface area contributed by atoms with Gasteiger partial charge in [0.1, 0.15) is 6.04 Å². The van der Waals surface area contributed by atoms with Crippen LogP contribution in [-0.4, -0.2) is 41.1 Å². The normalized spacial score (nSPS) is 24.7. The van der Waals surface area contributed by atoms with Crippen molar-refractivity contribution in [3.63, 3.8) is 0 Å². The summed E-state index contributed by atoms with van der Waals surface area (Å²) in [6.07, 6.45) is 3.02. The van der Waals surface area contributed by atoms with Gasteiger partial charge in [-0.15, -0.1) is 0 Å². The van der Waals surface area contributed by atoms with Crippen LogP contribution in [0.25, 0.3) is 0 Å². The molecule has 0 aromatic heterocycles. The second-order valence-electron chi connectivity index (χ2n) is 4.72. The van der Waals surface area contributed by atoms with Crippen molar-refractivity contribution in [2.75, 3.05) is 13.1 Å². The molecule has 15 heavy (non-hydrogen) atoms. The van der Waals surface area contributed by atoms with Crippen molar-refractivity contribution in [2.45, 2.75) is 45.2 Å². The summed E-state index contributed by atoms with van der Waals surface area (Å²) in [5.41, 5.74) is 5.49. The minimum atomic E-state index is -0.893. The highest BCUT2D eigenvalue weighted by molar-refractivity contribution is 5.72. The van der Waals surface area contributed by atoms with Gasteiger partial charge in [-0.05, 0) is 31.7 Å². The maximum absolute atomic E-state index is 10.6. The van der Waals surface area contributed by atoms with E-state index in [4.69, 9.17) is 10.8 Å². The van der Waals surface area contributed by atoms with E-state index >= 15 is 0 Å². The Kier molecular flexibility index (Phi) is 4.54. The van der Waals surface area contributed by atoms with Crippen molar-refractivity contribution in [3.05, 3.63) is 0 Å². The molecule has 88 valence electrons. The average Bonchev–Trinajstić information content (AvgIpc) is 2.61. The van der Waals surface area contributed by atoms with E-state index in [0.717, 1.165) is 13.1 Å². The van der Waals surface area contributed by atoms with Gasteiger partial charge in [0.05, 0.1) is 0 Å². The Morgan fingerprint density at radius 1 is 1.60 bits per heavy atom. The summed E-state index contributed by atoms with van der Waals surface area (Å²) in [6, 6.07) is -0.0931. The van der Waals surface area contributed by atoms with Gasteiger partial charge in [0.2, 0.25) is 0 Å². The van der Waals surface area contributed by atoms with Crippen LogP contribution in [0.1, 0.15) is 33.1 Å². The highest BCUT2D eigenvalue weighted by atomic mass is 16.4. The first-order chi connectivity index (χ1) is 7.02. The predicted octanol–water partition coefficient (Wildman–Crippen LogP) is 0.909. The van der Waals surface area contributed by atoms with Crippen molar-refractivity contribution in [3.8, 4) is 0 Å². The second-order valence-corrected chi connectivity index (χ2v) is 4.72. The van der Waals surface area contributed by atoms with Crippen molar-refractivity contribution in [1.82, 2.24) is 4.90 Å². The molecular weight excluding hydrogens is 192 g/mol. The Hall–Kier alpha value is -0.610. The van der Waals surface area contributed by atoms with Crippen LogP contribution >= 0.6 is 0 Å². The molecule has 3 N–H and O–H groups in total. The number of aliphatic carboxylic acids is 1. The van der Waals surface area contributed by atoms with Gasteiger partial charge < -0.3 is 15.7 Å². The van der Waals surface area contributed by atoms with E-state index in [1.807, 2.05) is 0 Å². The number of nitrogens with two attached hydrogens (primary N) is 1. The van der Waals surface area contributed by atoms with E-state index in [2.05, 4.69) is 18.7 Å². The number of carboxylic acid groups (broad SMARTS) is 1. The molecule has 0 spiro atoms. The molecule has 0 bridgehead atoms. The first kappa shape index (κ1) is 12.5. The summed E-state index contributed by atoms with van der Waals surface area (Å²) in [7, 11) is 0. The molecule has 1 heterocycles.